The summed E-state index contributed by atoms with van der Waals surface area (Å²) in [5, 5.41) is 2.76. The molecule has 7 heteroatoms. The predicted octanol–water partition coefficient (Wildman–Crippen LogP) is 2.03. The molecule has 4 heterocycles. The molecule has 2 amide bonds. The second-order valence-corrected chi connectivity index (χ2v) is 6.78. The van der Waals surface area contributed by atoms with Gasteiger partial charge in [0.15, 0.2) is 0 Å². The van der Waals surface area contributed by atoms with Gasteiger partial charge in [0.05, 0.1) is 0 Å². The number of rotatable bonds is 3. The average molecular weight is 363 g/mol. The van der Waals surface area contributed by atoms with Gasteiger partial charge in [-0.3, -0.25) is 9.59 Å². The molecule has 0 unspecified atom stereocenters. The molecular formula is C20H21N5O2. The summed E-state index contributed by atoms with van der Waals surface area (Å²) >= 11 is 0. The first-order chi connectivity index (χ1) is 13.1. The fourth-order valence-electron chi connectivity index (χ4n) is 3.39. The maximum Gasteiger partial charge on any atom is 0.246 e. The van der Waals surface area contributed by atoms with E-state index < -0.39 is 0 Å². The van der Waals surface area contributed by atoms with Crippen molar-refractivity contribution in [2.24, 2.45) is 7.05 Å². The van der Waals surface area contributed by atoms with Gasteiger partial charge in [-0.15, -0.1) is 0 Å². The number of nitrogens with zero attached hydrogens (tertiary/aromatic N) is 4. The molecule has 2 aliphatic rings. The van der Waals surface area contributed by atoms with Crippen LogP contribution in [0.15, 0.2) is 36.8 Å². The summed E-state index contributed by atoms with van der Waals surface area (Å²) in [4.78, 5) is 34.3. The largest absolute Gasteiger partial charge is 0.335 e. The van der Waals surface area contributed by atoms with Gasteiger partial charge in [-0.2, -0.15) is 0 Å². The lowest BCUT2D eigenvalue weighted by Crippen LogP contribution is -2.33. The first-order valence-corrected chi connectivity index (χ1v) is 9.02. The van der Waals surface area contributed by atoms with Crippen LogP contribution in [-0.4, -0.2) is 44.3 Å². The number of aromatic nitrogens is 3. The number of aryl methyl sites for hydroxylation is 2. The van der Waals surface area contributed by atoms with Crippen LogP contribution in [0.2, 0.25) is 0 Å². The van der Waals surface area contributed by atoms with E-state index in [0.29, 0.717) is 31.7 Å². The Hall–Kier alpha value is -3.22. The van der Waals surface area contributed by atoms with Gasteiger partial charge in [0.1, 0.15) is 11.6 Å². The zero-order valence-corrected chi connectivity index (χ0v) is 15.2. The third kappa shape index (κ3) is 3.67. The lowest BCUT2D eigenvalue weighted by Gasteiger charge is -2.25. The Labute approximate surface area is 157 Å². The van der Waals surface area contributed by atoms with Crippen molar-refractivity contribution in [3.05, 3.63) is 53.8 Å². The normalized spacial score (nSPS) is 16.9. The van der Waals surface area contributed by atoms with Crippen LogP contribution in [0.1, 0.15) is 29.8 Å². The molecule has 2 aromatic heterocycles. The van der Waals surface area contributed by atoms with Crippen molar-refractivity contribution in [1.82, 2.24) is 19.4 Å². The molecule has 0 spiro atoms. The maximum atomic E-state index is 12.5. The van der Waals surface area contributed by atoms with Crippen molar-refractivity contribution in [3.8, 4) is 0 Å². The first-order valence-electron chi connectivity index (χ1n) is 9.02. The summed E-state index contributed by atoms with van der Waals surface area (Å²) in [5.74, 6) is 1.57. The summed E-state index contributed by atoms with van der Waals surface area (Å²) in [6.07, 6.45) is 12.8. The minimum atomic E-state index is -0.0174. The van der Waals surface area contributed by atoms with Crippen LogP contribution in [0.5, 0.6) is 0 Å². The van der Waals surface area contributed by atoms with Crippen LogP contribution >= 0.6 is 0 Å². The van der Waals surface area contributed by atoms with E-state index in [1.165, 1.54) is 5.57 Å². The van der Waals surface area contributed by atoms with E-state index in [1.54, 1.807) is 24.5 Å². The number of amides is 2. The average Bonchev–Trinajstić information content (AvgIpc) is 3.12. The summed E-state index contributed by atoms with van der Waals surface area (Å²) in [5.41, 5.74) is 3.04. The molecule has 0 aromatic carbocycles. The number of carbonyl (C=O) groups excluding carboxylic acids is 2. The minimum absolute atomic E-state index is 0.00321. The van der Waals surface area contributed by atoms with Crippen LogP contribution in [0.3, 0.4) is 0 Å². The zero-order chi connectivity index (χ0) is 18.8. The smallest absolute Gasteiger partial charge is 0.246 e. The third-order valence-corrected chi connectivity index (χ3v) is 4.91. The van der Waals surface area contributed by atoms with Crippen molar-refractivity contribution >= 4 is 29.3 Å². The minimum Gasteiger partial charge on any atom is -0.335 e. The van der Waals surface area contributed by atoms with Crippen molar-refractivity contribution < 1.29 is 9.59 Å². The quantitative estimate of drug-likeness (QED) is 0.846. The van der Waals surface area contributed by atoms with Gasteiger partial charge < -0.3 is 14.8 Å². The number of pyridine rings is 1. The molecule has 0 saturated carbocycles. The molecule has 0 radical (unpaired) electrons. The SMILES string of the molecule is Cn1ccnc1C1=CCN(C(=O)C=Cc2cnc3c(c2)CCC(=O)N3)CC1. The van der Waals surface area contributed by atoms with Gasteiger partial charge in [-0.05, 0) is 41.7 Å². The molecule has 2 aromatic rings. The first kappa shape index (κ1) is 17.2. The highest BCUT2D eigenvalue weighted by molar-refractivity contribution is 5.94. The Morgan fingerprint density at radius 3 is 2.89 bits per heavy atom. The predicted molar refractivity (Wildman–Crippen MR) is 103 cm³/mol. The Morgan fingerprint density at radius 2 is 2.15 bits per heavy atom. The van der Waals surface area contributed by atoms with Crippen LogP contribution in [0.4, 0.5) is 5.82 Å². The van der Waals surface area contributed by atoms with Gasteiger partial charge >= 0.3 is 0 Å². The molecule has 2 aliphatic heterocycles. The Balaban J connectivity index is 1.40. The van der Waals surface area contributed by atoms with Gasteiger partial charge in [0.2, 0.25) is 11.8 Å². The van der Waals surface area contributed by atoms with Crippen molar-refractivity contribution in [3.63, 3.8) is 0 Å². The van der Waals surface area contributed by atoms with Gasteiger partial charge in [0, 0.05) is 51.2 Å². The van der Waals surface area contributed by atoms with E-state index in [4.69, 9.17) is 0 Å². The standard InChI is InChI=1S/C20H21N5O2/c1-24-11-8-21-20(24)15-6-9-25(10-7-15)18(27)5-2-14-12-16-3-4-17(26)23-19(16)22-13-14/h2,5-6,8,11-13H,3-4,7,9-10H2,1H3,(H,22,23,26). The molecule has 0 saturated heterocycles. The molecular weight excluding hydrogens is 342 g/mol. The van der Waals surface area contributed by atoms with E-state index in [0.717, 1.165) is 23.4 Å². The van der Waals surface area contributed by atoms with Gasteiger partial charge in [-0.1, -0.05) is 6.08 Å². The molecule has 1 N–H and O–H groups in total. The highest BCUT2D eigenvalue weighted by Gasteiger charge is 2.18. The van der Waals surface area contributed by atoms with Gasteiger partial charge in [-0.25, -0.2) is 9.97 Å². The molecule has 0 bridgehead atoms. The highest BCUT2D eigenvalue weighted by Crippen LogP contribution is 2.22. The maximum absolute atomic E-state index is 12.5. The zero-order valence-electron chi connectivity index (χ0n) is 15.2. The number of carbonyl (C=O) groups is 2. The Morgan fingerprint density at radius 1 is 1.26 bits per heavy atom. The fourth-order valence-corrected chi connectivity index (χ4v) is 3.39. The van der Waals surface area contributed by atoms with Crippen molar-refractivity contribution in [2.75, 3.05) is 18.4 Å². The number of imidazole rings is 1. The van der Waals surface area contributed by atoms with E-state index in [1.807, 2.05) is 28.8 Å². The second kappa shape index (κ2) is 7.19. The van der Waals surface area contributed by atoms with Crippen LogP contribution in [0, 0.1) is 0 Å². The van der Waals surface area contributed by atoms with Crippen LogP contribution in [0.25, 0.3) is 11.6 Å². The summed E-state index contributed by atoms with van der Waals surface area (Å²) < 4.78 is 1.99. The molecule has 0 atom stereocenters. The molecule has 7 nitrogen and oxygen atoms in total. The summed E-state index contributed by atoms with van der Waals surface area (Å²) in [6, 6.07) is 1.97. The molecule has 0 aliphatic carbocycles. The Kier molecular flexibility index (Phi) is 4.58. The van der Waals surface area contributed by atoms with Gasteiger partial charge in [0.25, 0.3) is 0 Å². The molecule has 0 fully saturated rings. The summed E-state index contributed by atoms with van der Waals surface area (Å²) in [6.45, 7) is 1.26. The van der Waals surface area contributed by atoms with Crippen molar-refractivity contribution in [2.45, 2.75) is 19.3 Å². The third-order valence-electron chi connectivity index (χ3n) is 4.91. The van der Waals surface area contributed by atoms with E-state index >= 15 is 0 Å². The van der Waals surface area contributed by atoms with Crippen LogP contribution < -0.4 is 5.32 Å². The van der Waals surface area contributed by atoms with Crippen LogP contribution in [-0.2, 0) is 23.1 Å². The number of anilines is 1. The second-order valence-electron chi connectivity index (χ2n) is 6.78. The van der Waals surface area contributed by atoms with Crippen molar-refractivity contribution in [1.29, 1.82) is 0 Å². The lowest BCUT2D eigenvalue weighted by atomic mass is 10.0. The monoisotopic (exact) mass is 363 g/mol. The van der Waals surface area contributed by atoms with E-state index in [2.05, 4.69) is 21.4 Å². The number of nitrogens with one attached hydrogen (secondary N) is 1. The number of fused-ring (bicyclic) bond motifs is 1. The topological polar surface area (TPSA) is 80.1 Å². The number of hydrogen-bond donors (Lipinski definition) is 1. The molecule has 27 heavy (non-hydrogen) atoms. The molecule has 138 valence electrons. The highest BCUT2D eigenvalue weighted by atomic mass is 16.2. The molecule has 4 rings (SSSR count). The Bertz CT molecular complexity index is 957. The van der Waals surface area contributed by atoms with E-state index in [9.17, 15) is 9.59 Å². The number of hydrogen-bond acceptors (Lipinski definition) is 4. The lowest BCUT2D eigenvalue weighted by molar-refractivity contribution is -0.125. The summed E-state index contributed by atoms with van der Waals surface area (Å²) in [7, 11) is 1.97. The van der Waals surface area contributed by atoms with E-state index in [-0.39, 0.29) is 11.8 Å². The fraction of sp³-hybridized carbons (Fsp3) is 0.300.